The summed E-state index contributed by atoms with van der Waals surface area (Å²) in [6, 6.07) is 0. The van der Waals surface area contributed by atoms with Crippen LogP contribution in [0.25, 0.3) is 0 Å². The number of carbonyl (C=O) groups is 2. The number of piperazine rings is 1. The number of rotatable bonds is 8. The molecular weight excluding hydrogens is 248 g/mol. The fraction of sp³-hybridized carbons (Fsp3) is 0.846. The molecule has 0 N–H and O–H groups in total. The first kappa shape index (κ1) is 15.9. The largest absolute Gasteiger partial charge is 0.351 e. The molecule has 0 radical (unpaired) electrons. The molecule has 1 aliphatic heterocycles. The van der Waals surface area contributed by atoms with E-state index in [1.807, 2.05) is 20.8 Å². The lowest BCUT2D eigenvalue weighted by atomic mass is 10.2. The quantitative estimate of drug-likeness (QED) is 0.603. The molecule has 19 heavy (non-hydrogen) atoms. The van der Waals surface area contributed by atoms with Gasteiger partial charge in [-0.1, -0.05) is 6.92 Å². The zero-order valence-electron chi connectivity index (χ0n) is 12.1. The number of ether oxygens (including phenoxy) is 2. The van der Waals surface area contributed by atoms with Crippen molar-refractivity contribution >= 4 is 11.8 Å². The minimum Gasteiger partial charge on any atom is -0.351 e. The molecule has 6 nitrogen and oxygen atoms in total. The average Bonchev–Trinajstić information content (AvgIpc) is 2.36. The number of nitrogens with zero attached hydrogens (tertiary/aromatic N) is 2. The van der Waals surface area contributed by atoms with Gasteiger partial charge in [0.1, 0.15) is 0 Å². The van der Waals surface area contributed by atoms with Gasteiger partial charge in [0.25, 0.3) is 0 Å². The van der Waals surface area contributed by atoms with Crippen molar-refractivity contribution < 1.29 is 19.1 Å². The molecule has 0 aromatic rings. The van der Waals surface area contributed by atoms with E-state index in [-0.39, 0.29) is 24.9 Å². The number of hydrogen-bond donors (Lipinski definition) is 0. The third kappa shape index (κ3) is 4.80. The Bertz CT molecular complexity index is 303. The summed E-state index contributed by atoms with van der Waals surface area (Å²) in [5.41, 5.74) is 0. The highest BCUT2D eigenvalue weighted by Crippen LogP contribution is 2.08. The highest BCUT2D eigenvalue weighted by molar-refractivity contribution is 5.92. The second-order valence-electron chi connectivity index (χ2n) is 4.43. The molecule has 0 atom stereocenters. The summed E-state index contributed by atoms with van der Waals surface area (Å²) in [4.78, 5) is 27.0. The van der Waals surface area contributed by atoms with Crippen LogP contribution in [-0.4, -0.2) is 67.3 Å². The van der Waals surface area contributed by atoms with Crippen molar-refractivity contribution in [1.82, 2.24) is 9.80 Å². The molecule has 6 heteroatoms. The third-order valence-corrected chi connectivity index (χ3v) is 2.93. The Morgan fingerprint density at radius 3 is 2.05 bits per heavy atom. The van der Waals surface area contributed by atoms with Gasteiger partial charge in [-0.2, -0.15) is 0 Å². The van der Waals surface area contributed by atoms with Gasteiger partial charge in [-0.05, 0) is 20.3 Å². The normalized spacial score (nSPS) is 16.6. The van der Waals surface area contributed by atoms with Crippen LogP contribution in [0.1, 0.15) is 27.2 Å². The first-order valence-electron chi connectivity index (χ1n) is 6.91. The molecule has 2 amide bonds. The van der Waals surface area contributed by atoms with Crippen molar-refractivity contribution in [3.63, 3.8) is 0 Å². The monoisotopic (exact) mass is 272 g/mol. The summed E-state index contributed by atoms with van der Waals surface area (Å²) in [5, 5.41) is 0. The fourth-order valence-corrected chi connectivity index (χ4v) is 2.05. The molecule has 1 heterocycles. The highest BCUT2D eigenvalue weighted by atomic mass is 16.7. The first-order valence-corrected chi connectivity index (χ1v) is 6.91. The number of carbonyl (C=O) groups excluding carboxylic acids is 2. The topological polar surface area (TPSA) is 59.1 Å². The van der Waals surface area contributed by atoms with E-state index in [0.717, 1.165) is 6.42 Å². The van der Waals surface area contributed by atoms with Crippen LogP contribution >= 0.6 is 0 Å². The van der Waals surface area contributed by atoms with E-state index in [1.165, 1.54) is 4.90 Å². The van der Waals surface area contributed by atoms with Crippen LogP contribution in [0.5, 0.6) is 0 Å². The molecule has 0 spiro atoms. The van der Waals surface area contributed by atoms with E-state index >= 15 is 0 Å². The summed E-state index contributed by atoms with van der Waals surface area (Å²) in [6.45, 7) is 8.00. The number of hydrogen-bond acceptors (Lipinski definition) is 4. The molecule has 110 valence electrons. The molecular formula is C13H24N2O4. The summed E-state index contributed by atoms with van der Waals surface area (Å²) in [6.07, 6.45) is 0.406. The minimum absolute atomic E-state index is 0.00630. The van der Waals surface area contributed by atoms with E-state index < -0.39 is 6.29 Å². The van der Waals surface area contributed by atoms with Gasteiger partial charge in [-0.25, -0.2) is 0 Å². The maximum Gasteiger partial charge on any atom is 0.242 e. The van der Waals surface area contributed by atoms with Gasteiger partial charge in [0.05, 0.1) is 19.6 Å². The van der Waals surface area contributed by atoms with Gasteiger partial charge in [0.2, 0.25) is 11.8 Å². The van der Waals surface area contributed by atoms with E-state index in [9.17, 15) is 9.59 Å². The lowest BCUT2D eigenvalue weighted by molar-refractivity contribution is -0.167. The summed E-state index contributed by atoms with van der Waals surface area (Å²) < 4.78 is 10.8. The minimum atomic E-state index is -0.454. The van der Waals surface area contributed by atoms with E-state index in [4.69, 9.17) is 9.47 Å². The third-order valence-electron chi connectivity index (χ3n) is 2.93. The molecule has 1 aliphatic rings. The molecule has 1 saturated heterocycles. The van der Waals surface area contributed by atoms with Gasteiger partial charge in [0, 0.05) is 19.8 Å². The molecule has 0 bridgehead atoms. The van der Waals surface area contributed by atoms with Crippen molar-refractivity contribution in [3.8, 4) is 0 Å². The zero-order chi connectivity index (χ0) is 14.3. The predicted octanol–water partition coefficient (Wildman–Crippen LogP) is 0.466. The lowest BCUT2D eigenvalue weighted by Gasteiger charge is -2.35. The highest BCUT2D eigenvalue weighted by Gasteiger charge is 2.30. The molecule has 0 unspecified atom stereocenters. The Morgan fingerprint density at radius 2 is 1.53 bits per heavy atom. The van der Waals surface area contributed by atoms with E-state index in [1.54, 1.807) is 4.90 Å². The molecule has 0 aromatic carbocycles. The standard InChI is InChI=1S/C13H24N2O4/c1-4-7-14-8-12(17)15(9-11(14)16)10-13(18-5-2)19-6-3/h13H,4-10H2,1-3H3. The van der Waals surface area contributed by atoms with Crippen LogP contribution in [0.4, 0.5) is 0 Å². The van der Waals surface area contributed by atoms with Gasteiger partial charge < -0.3 is 19.3 Å². The molecule has 0 aromatic heterocycles. The second-order valence-corrected chi connectivity index (χ2v) is 4.43. The number of amides is 2. The van der Waals surface area contributed by atoms with Crippen LogP contribution in [0.3, 0.4) is 0 Å². The van der Waals surface area contributed by atoms with Crippen molar-refractivity contribution in [3.05, 3.63) is 0 Å². The molecule has 0 saturated carbocycles. The van der Waals surface area contributed by atoms with Crippen molar-refractivity contribution in [2.24, 2.45) is 0 Å². The Kier molecular flexibility index (Phi) is 6.80. The second kappa shape index (κ2) is 8.12. The maximum absolute atomic E-state index is 12.0. The fourth-order valence-electron chi connectivity index (χ4n) is 2.05. The predicted molar refractivity (Wildman–Crippen MR) is 70.5 cm³/mol. The van der Waals surface area contributed by atoms with Crippen LogP contribution in [0.2, 0.25) is 0 Å². The van der Waals surface area contributed by atoms with Crippen LogP contribution < -0.4 is 0 Å². The summed E-state index contributed by atoms with van der Waals surface area (Å²) >= 11 is 0. The van der Waals surface area contributed by atoms with E-state index in [2.05, 4.69) is 0 Å². The molecule has 1 rings (SSSR count). The zero-order valence-corrected chi connectivity index (χ0v) is 12.1. The van der Waals surface area contributed by atoms with Gasteiger partial charge >= 0.3 is 0 Å². The van der Waals surface area contributed by atoms with Crippen LogP contribution in [-0.2, 0) is 19.1 Å². The SMILES string of the molecule is CCCN1CC(=O)N(CC(OCC)OCC)CC1=O. The smallest absolute Gasteiger partial charge is 0.242 e. The summed E-state index contributed by atoms with van der Waals surface area (Å²) in [5.74, 6) is -0.0503. The summed E-state index contributed by atoms with van der Waals surface area (Å²) in [7, 11) is 0. The van der Waals surface area contributed by atoms with E-state index in [0.29, 0.717) is 26.3 Å². The first-order chi connectivity index (χ1) is 9.12. The Balaban J connectivity index is 2.54. The van der Waals surface area contributed by atoms with Crippen molar-refractivity contribution in [2.45, 2.75) is 33.5 Å². The molecule has 0 aliphatic carbocycles. The van der Waals surface area contributed by atoms with Gasteiger partial charge in [-0.3, -0.25) is 9.59 Å². The van der Waals surface area contributed by atoms with Gasteiger partial charge in [-0.15, -0.1) is 0 Å². The van der Waals surface area contributed by atoms with Crippen LogP contribution in [0, 0.1) is 0 Å². The Morgan fingerprint density at radius 1 is 1.00 bits per heavy atom. The van der Waals surface area contributed by atoms with Crippen LogP contribution in [0.15, 0.2) is 0 Å². The average molecular weight is 272 g/mol. The Hall–Kier alpha value is -1.14. The van der Waals surface area contributed by atoms with Gasteiger partial charge in [0.15, 0.2) is 6.29 Å². The lowest BCUT2D eigenvalue weighted by Crippen LogP contribution is -2.55. The van der Waals surface area contributed by atoms with Crippen molar-refractivity contribution in [2.75, 3.05) is 39.4 Å². The Labute approximate surface area is 114 Å². The molecule has 1 fully saturated rings. The van der Waals surface area contributed by atoms with Crippen molar-refractivity contribution in [1.29, 1.82) is 0 Å². The maximum atomic E-state index is 12.0.